The van der Waals surface area contributed by atoms with Crippen molar-refractivity contribution < 1.29 is 4.79 Å². The smallest absolute Gasteiger partial charge is 0.260 e. The van der Waals surface area contributed by atoms with Crippen molar-refractivity contribution >= 4 is 34.9 Å². The number of hydrogen-bond donors (Lipinski definition) is 1. The van der Waals surface area contributed by atoms with E-state index in [9.17, 15) is 4.79 Å². The van der Waals surface area contributed by atoms with E-state index >= 15 is 0 Å². The quantitative estimate of drug-likeness (QED) is 0.730. The van der Waals surface area contributed by atoms with Crippen molar-refractivity contribution in [1.29, 1.82) is 0 Å². The van der Waals surface area contributed by atoms with Crippen molar-refractivity contribution in [2.24, 2.45) is 0 Å². The minimum atomic E-state index is -0.282. The molecule has 0 saturated carbocycles. The van der Waals surface area contributed by atoms with Crippen molar-refractivity contribution in [2.75, 3.05) is 5.32 Å². The van der Waals surface area contributed by atoms with Crippen LogP contribution in [0.2, 0.25) is 10.0 Å². The minimum absolute atomic E-state index is 0.282. The molecule has 8 heteroatoms. The molecule has 2 heterocycles. The van der Waals surface area contributed by atoms with Gasteiger partial charge in [0.15, 0.2) is 5.82 Å². The summed E-state index contributed by atoms with van der Waals surface area (Å²) in [7, 11) is 0. The minimum Gasteiger partial charge on any atom is -0.304 e. The van der Waals surface area contributed by atoms with E-state index in [1.54, 1.807) is 28.7 Å². The van der Waals surface area contributed by atoms with Crippen molar-refractivity contribution in [1.82, 2.24) is 19.6 Å². The van der Waals surface area contributed by atoms with Gasteiger partial charge in [-0.1, -0.05) is 35.3 Å². The predicted molar refractivity (Wildman–Crippen MR) is 98.4 cm³/mol. The first kappa shape index (κ1) is 17.5. The molecule has 2 aromatic heterocycles. The zero-order chi connectivity index (χ0) is 18.0. The van der Waals surface area contributed by atoms with Crippen LogP contribution in [0, 0.1) is 6.92 Å². The van der Waals surface area contributed by atoms with Gasteiger partial charge in [0.2, 0.25) is 0 Å². The number of carbonyl (C=O) groups excluding carboxylic acids is 1. The molecule has 0 spiro atoms. The van der Waals surface area contributed by atoms with Crippen molar-refractivity contribution in [3.8, 4) is 0 Å². The van der Waals surface area contributed by atoms with Crippen LogP contribution >= 0.6 is 23.2 Å². The van der Waals surface area contributed by atoms with Gasteiger partial charge in [-0.25, -0.2) is 0 Å². The van der Waals surface area contributed by atoms with E-state index in [-0.39, 0.29) is 5.91 Å². The van der Waals surface area contributed by atoms with E-state index in [2.05, 4.69) is 15.5 Å². The zero-order valence-electron chi connectivity index (χ0n) is 13.8. The Balaban J connectivity index is 1.74. The third-order valence-corrected chi connectivity index (χ3v) is 4.25. The Morgan fingerprint density at radius 2 is 1.84 bits per heavy atom. The van der Waals surface area contributed by atoms with E-state index in [4.69, 9.17) is 23.2 Å². The van der Waals surface area contributed by atoms with E-state index in [0.717, 1.165) is 5.56 Å². The molecule has 0 radical (unpaired) electrons. The van der Waals surface area contributed by atoms with Crippen LogP contribution in [0.5, 0.6) is 0 Å². The number of amides is 1. The summed E-state index contributed by atoms with van der Waals surface area (Å²) >= 11 is 12.1. The van der Waals surface area contributed by atoms with Crippen LogP contribution in [0.4, 0.5) is 5.82 Å². The number of nitrogens with zero attached hydrogens (tertiary/aromatic N) is 4. The summed E-state index contributed by atoms with van der Waals surface area (Å²) in [6.45, 7) is 4.98. The Hall–Kier alpha value is -2.31. The van der Waals surface area contributed by atoms with Crippen LogP contribution in [0.25, 0.3) is 0 Å². The second-order valence-corrected chi connectivity index (χ2v) is 6.43. The molecule has 1 amide bonds. The fourth-order valence-corrected chi connectivity index (χ4v) is 2.74. The van der Waals surface area contributed by atoms with Gasteiger partial charge in [-0.3, -0.25) is 14.2 Å². The molecule has 0 aliphatic heterocycles. The maximum absolute atomic E-state index is 12.4. The summed E-state index contributed by atoms with van der Waals surface area (Å²) in [6, 6.07) is 7.47. The number of aromatic nitrogens is 4. The summed E-state index contributed by atoms with van der Waals surface area (Å²) in [4.78, 5) is 12.4. The molecule has 0 unspecified atom stereocenters. The Morgan fingerprint density at radius 1 is 1.12 bits per heavy atom. The molecular weight excluding hydrogens is 361 g/mol. The van der Waals surface area contributed by atoms with Crippen molar-refractivity contribution in [3.05, 3.63) is 63.5 Å². The predicted octanol–water partition coefficient (Wildman–Crippen LogP) is 4.02. The number of anilines is 1. The highest BCUT2D eigenvalue weighted by atomic mass is 35.5. The van der Waals surface area contributed by atoms with Crippen LogP contribution in [-0.2, 0) is 13.1 Å². The molecule has 130 valence electrons. The number of carbonyl (C=O) groups is 1. The first-order valence-corrected chi connectivity index (χ1v) is 8.54. The second kappa shape index (κ2) is 7.29. The molecule has 0 saturated heterocycles. The van der Waals surface area contributed by atoms with Gasteiger partial charge < -0.3 is 5.32 Å². The summed E-state index contributed by atoms with van der Waals surface area (Å²) in [6.07, 6.45) is 3.39. The molecule has 0 atom stereocenters. The Labute approximate surface area is 155 Å². The Bertz CT molecular complexity index is 898. The highest BCUT2D eigenvalue weighted by Crippen LogP contribution is 2.21. The highest BCUT2D eigenvalue weighted by molar-refractivity contribution is 6.33. The first-order chi connectivity index (χ1) is 12.0. The lowest BCUT2D eigenvalue weighted by molar-refractivity contribution is 0.102. The van der Waals surface area contributed by atoms with Crippen LogP contribution < -0.4 is 5.32 Å². The van der Waals surface area contributed by atoms with Crippen molar-refractivity contribution in [3.63, 3.8) is 0 Å². The van der Waals surface area contributed by atoms with E-state index < -0.39 is 0 Å². The average Bonchev–Trinajstić information content (AvgIpc) is 3.12. The van der Waals surface area contributed by atoms with Crippen LogP contribution in [0.15, 0.2) is 36.7 Å². The summed E-state index contributed by atoms with van der Waals surface area (Å²) in [5, 5.41) is 12.4. The van der Waals surface area contributed by atoms with Gasteiger partial charge in [-0.15, -0.1) is 0 Å². The lowest BCUT2D eigenvalue weighted by atomic mass is 10.2. The Kier molecular flexibility index (Phi) is 5.11. The van der Waals surface area contributed by atoms with Gasteiger partial charge in [-0.05, 0) is 31.5 Å². The monoisotopic (exact) mass is 377 g/mol. The number of rotatable bonds is 5. The van der Waals surface area contributed by atoms with Gasteiger partial charge in [0.1, 0.15) is 5.02 Å². The van der Waals surface area contributed by atoms with E-state index in [1.807, 2.05) is 31.2 Å². The molecule has 0 aliphatic rings. The van der Waals surface area contributed by atoms with Crippen LogP contribution in [0.1, 0.15) is 28.5 Å². The van der Waals surface area contributed by atoms with E-state index in [1.165, 1.54) is 0 Å². The van der Waals surface area contributed by atoms with Gasteiger partial charge in [0, 0.05) is 24.0 Å². The molecule has 3 aromatic rings. The zero-order valence-corrected chi connectivity index (χ0v) is 15.3. The molecule has 1 aromatic carbocycles. The molecule has 3 rings (SSSR count). The number of nitrogens with one attached hydrogen (secondary N) is 1. The molecule has 0 bridgehead atoms. The molecule has 1 N–H and O–H groups in total. The lowest BCUT2D eigenvalue weighted by Gasteiger charge is -2.03. The van der Waals surface area contributed by atoms with Gasteiger partial charge in [0.25, 0.3) is 5.91 Å². The normalized spacial score (nSPS) is 10.9. The van der Waals surface area contributed by atoms with Crippen LogP contribution in [0.3, 0.4) is 0 Å². The first-order valence-electron chi connectivity index (χ1n) is 7.79. The SMILES string of the molecule is CCn1cc(C(=O)Nc2nn(Cc3ccc(Cl)cc3)cc2Cl)c(C)n1. The largest absolute Gasteiger partial charge is 0.304 e. The third kappa shape index (κ3) is 4.03. The van der Waals surface area contributed by atoms with Gasteiger partial charge in [-0.2, -0.15) is 10.2 Å². The standard InChI is InChI=1S/C17H17Cl2N5O/c1-3-23-9-14(11(2)21-23)17(25)20-16-15(19)10-24(22-16)8-12-4-6-13(18)7-5-12/h4-7,9-10H,3,8H2,1-2H3,(H,20,22,25). The van der Waals surface area contributed by atoms with Gasteiger partial charge >= 0.3 is 0 Å². The summed E-state index contributed by atoms with van der Waals surface area (Å²) < 4.78 is 3.38. The number of benzene rings is 1. The molecule has 0 aliphatic carbocycles. The topological polar surface area (TPSA) is 64.7 Å². The maximum atomic E-state index is 12.4. The fraction of sp³-hybridized carbons (Fsp3) is 0.235. The van der Waals surface area contributed by atoms with Gasteiger partial charge in [0.05, 0.1) is 17.8 Å². The molecule has 0 fully saturated rings. The second-order valence-electron chi connectivity index (χ2n) is 5.59. The average molecular weight is 378 g/mol. The third-order valence-electron chi connectivity index (χ3n) is 3.72. The summed E-state index contributed by atoms with van der Waals surface area (Å²) in [5.74, 6) is 0.0418. The highest BCUT2D eigenvalue weighted by Gasteiger charge is 2.16. The summed E-state index contributed by atoms with van der Waals surface area (Å²) in [5.41, 5.74) is 2.20. The molecular formula is C17H17Cl2N5O. The fourth-order valence-electron chi connectivity index (χ4n) is 2.42. The molecule has 25 heavy (non-hydrogen) atoms. The number of aryl methyl sites for hydroxylation is 2. The van der Waals surface area contributed by atoms with Crippen molar-refractivity contribution in [2.45, 2.75) is 26.9 Å². The van der Waals surface area contributed by atoms with E-state index in [0.29, 0.717) is 40.2 Å². The Morgan fingerprint density at radius 3 is 2.48 bits per heavy atom. The lowest BCUT2D eigenvalue weighted by Crippen LogP contribution is -2.13. The number of halogens is 2. The molecule has 6 nitrogen and oxygen atoms in total. The van der Waals surface area contributed by atoms with Crippen LogP contribution in [-0.4, -0.2) is 25.5 Å². The maximum Gasteiger partial charge on any atom is 0.260 e. The number of hydrogen-bond acceptors (Lipinski definition) is 3.